The van der Waals surface area contributed by atoms with Crippen molar-refractivity contribution in [2.45, 2.75) is 44.9 Å². The van der Waals surface area contributed by atoms with E-state index in [1.807, 2.05) is 25.1 Å². The second kappa shape index (κ2) is 6.02. The zero-order chi connectivity index (χ0) is 13.9. The molecular formula is C16H23NO3. The lowest BCUT2D eigenvalue weighted by Crippen LogP contribution is -2.47. The standard InChI is InChI=1S/C16H23NO3/c1-2-19-15-8-3-5-12(16(15)18)11-17-9-10-20-14-7-4-6-13(14)17/h3,5,8,13-14,18H,2,4,6-7,9-11H2,1H3. The maximum Gasteiger partial charge on any atom is 0.162 e. The van der Waals surface area contributed by atoms with Crippen LogP contribution in [0, 0.1) is 0 Å². The number of para-hydroxylation sites is 1. The van der Waals surface area contributed by atoms with E-state index in [9.17, 15) is 5.11 Å². The molecule has 1 saturated carbocycles. The Kier molecular flexibility index (Phi) is 4.13. The van der Waals surface area contributed by atoms with E-state index >= 15 is 0 Å². The second-order valence-corrected chi connectivity index (χ2v) is 5.57. The molecule has 1 aromatic rings. The first-order chi connectivity index (χ1) is 9.79. The smallest absolute Gasteiger partial charge is 0.162 e. The van der Waals surface area contributed by atoms with Crippen LogP contribution in [0.3, 0.4) is 0 Å². The van der Waals surface area contributed by atoms with Gasteiger partial charge >= 0.3 is 0 Å². The van der Waals surface area contributed by atoms with Gasteiger partial charge in [-0.3, -0.25) is 4.90 Å². The van der Waals surface area contributed by atoms with Gasteiger partial charge in [0.2, 0.25) is 0 Å². The van der Waals surface area contributed by atoms with Crippen molar-refractivity contribution in [1.29, 1.82) is 0 Å². The average molecular weight is 277 g/mol. The van der Waals surface area contributed by atoms with Gasteiger partial charge in [-0.1, -0.05) is 12.1 Å². The third-order valence-electron chi connectivity index (χ3n) is 4.35. The molecule has 0 aromatic heterocycles. The summed E-state index contributed by atoms with van der Waals surface area (Å²) in [6.45, 7) is 5.01. The van der Waals surface area contributed by atoms with E-state index in [1.165, 1.54) is 19.3 Å². The third kappa shape index (κ3) is 2.63. The summed E-state index contributed by atoms with van der Waals surface area (Å²) >= 11 is 0. The van der Waals surface area contributed by atoms with E-state index in [0.717, 1.165) is 25.3 Å². The number of hydrogen-bond acceptors (Lipinski definition) is 4. The molecule has 2 unspecified atom stereocenters. The quantitative estimate of drug-likeness (QED) is 0.918. The number of nitrogens with zero attached hydrogens (tertiary/aromatic N) is 1. The van der Waals surface area contributed by atoms with Gasteiger partial charge in [0.05, 0.1) is 19.3 Å². The van der Waals surface area contributed by atoms with Crippen LogP contribution in [0.5, 0.6) is 11.5 Å². The first-order valence-electron chi connectivity index (χ1n) is 7.59. The van der Waals surface area contributed by atoms with Crippen molar-refractivity contribution >= 4 is 0 Å². The summed E-state index contributed by atoms with van der Waals surface area (Å²) in [7, 11) is 0. The van der Waals surface area contributed by atoms with Gasteiger partial charge in [0.25, 0.3) is 0 Å². The van der Waals surface area contributed by atoms with E-state index in [4.69, 9.17) is 9.47 Å². The van der Waals surface area contributed by atoms with Crippen molar-refractivity contribution in [3.63, 3.8) is 0 Å². The highest BCUT2D eigenvalue weighted by molar-refractivity contribution is 5.45. The summed E-state index contributed by atoms with van der Waals surface area (Å²) in [4.78, 5) is 2.45. The van der Waals surface area contributed by atoms with E-state index in [2.05, 4.69) is 4.90 Å². The lowest BCUT2D eigenvalue weighted by Gasteiger charge is -2.37. The van der Waals surface area contributed by atoms with Crippen molar-refractivity contribution in [1.82, 2.24) is 4.90 Å². The van der Waals surface area contributed by atoms with Crippen LogP contribution in [0.1, 0.15) is 31.7 Å². The number of benzene rings is 1. The molecule has 1 aliphatic heterocycles. The minimum atomic E-state index is 0.287. The molecule has 0 bridgehead atoms. The zero-order valence-corrected chi connectivity index (χ0v) is 12.0. The first kappa shape index (κ1) is 13.7. The Hall–Kier alpha value is -1.26. The van der Waals surface area contributed by atoms with Gasteiger partial charge in [-0.15, -0.1) is 0 Å². The highest BCUT2D eigenvalue weighted by atomic mass is 16.5. The molecule has 2 fully saturated rings. The van der Waals surface area contributed by atoms with E-state index in [-0.39, 0.29) is 5.75 Å². The summed E-state index contributed by atoms with van der Waals surface area (Å²) in [6.07, 6.45) is 4.01. The third-order valence-corrected chi connectivity index (χ3v) is 4.35. The lowest BCUT2D eigenvalue weighted by atomic mass is 10.1. The molecule has 1 heterocycles. The molecule has 110 valence electrons. The Morgan fingerprint density at radius 1 is 1.40 bits per heavy atom. The summed E-state index contributed by atoms with van der Waals surface area (Å²) in [6, 6.07) is 6.27. The van der Waals surface area contributed by atoms with Gasteiger partial charge in [0.1, 0.15) is 0 Å². The number of hydrogen-bond donors (Lipinski definition) is 1. The molecule has 0 amide bonds. The monoisotopic (exact) mass is 277 g/mol. The van der Waals surface area contributed by atoms with Gasteiger partial charge in [0, 0.05) is 24.7 Å². The highest BCUT2D eigenvalue weighted by Gasteiger charge is 2.36. The fraction of sp³-hybridized carbons (Fsp3) is 0.625. The molecule has 1 aliphatic carbocycles. The van der Waals surface area contributed by atoms with Crippen LogP contribution in [0.4, 0.5) is 0 Å². The van der Waals surface area contributed by atoms with Gasteiger partial charge in [-0.2, -0.15) is 0 Å². The minimum absolute atomic E-state index is 0.287. The van der Waals surface area contributed by atoms with Gasteiger partial charge in [-0.25, -0.2) is 0 Å². The SMILES string of the molecule is CCOc1cccc(CN2CCOC3CCCC32)c1O. The fourth-order valence-electron chi connectivity index (χ4n) is 3.39. The molecule has 0 spiro atoms. The van der Waals surface area contributed by atoms with Crippen molar-refractivity contribution in [2.75, 3.05) is 19.8 Å². The summed E-state index contributed by atoms with van der Waals surface area (Å²) in [5.74, 6) is 0.872. The number of aromatic hydroxyl groups is 1. The van der Waals surface area contributed by atoms with Gasteiger partial charge in [-0.05, 0) is 32.3 Å². The number of phenolic OH excluding ortho intramolecular Hbond substituents is 1. The summed E-state index contributed by atoms with van der Waals surface area (Å²) in [5.41, 5.74) is 0.948. The van der Waals surface area contributed by atoms with Crippen LogP contribution in [-0.4, -0.2) is 41.9 Å². The molecule has 3 rings (SSSR count). The molecule has 2 aliphatic rings. The Bertz CT molecular complexity index is 463. The molecule has 1 aromatic carbocycles. The molecule has 2 atom stereocenters. The number of morpholine rings is 1. The lowest BCUT2D eigenvalue weighted by molar-refractivity contribution is -0.0590. The Balaban J connectivity index is 1.75. The van der Waals surface area contributed by atoms with Crippen LogP contribution in [0.15, 0.2) is 18.2 Å². The number of phenols is 1. The molecular weight excluding hydrogens is 254 g/mol. The maximum atomic E-state index is 10.3. The molecule has 1 saturated heterocycles. The summed E-state index contributed by atoms with van der Waals surface area (Å²) < 4.78 is 11.3. The fourth-order valence-corrected chi connectivity index (χ4v) is 3.39. The number of ether oxygens (including phenoxy) is 2. The van der Waals surface area contributed by atoms with Crippen molar-refractivity contribution in [2.24, 2.45) is 0 Å². The van der Waals surface area contributed by atoms with Crippen molar-refractivity contribution in [3.05, 3.63) is 23.8 Å². The topological polar surface area (TPSA) is 41.9 Å². The van der Waals surface area contributed by atoms with Gasteiger partial charge in [0.15, 0.2) is 11.5 Å². The molecule has 0 radical (unpaired) electrons. The number of fused-ring (bicyclic) bond motifs is 1. The van der Waals surface area contributed by atoms with Crippen LogP contribution < -0.4 is 4.74 Å². The molecule has 1 N–H and O–H groups in total. The van der Waals surface area contributed by atoms with Crippen molar-refractivity contribution in [3.8, 4) is 11.5 Å². The first-order valence-corrected chi connectivity index (χ1v) is 7.59. The normalized spacial score (nSPS) is 26.4. The van der Waals surface area contributed by atoms with Crippen LogP contribution in [0.25, 0.3) is 0 Å². The zero-order valence-electron chi connectivity index (χ0n) is 12.0. The Labute approximate surface area is 120 Å². The van der Waals surface area contributed by atoms with Crippen LogP contribution in [-0.2, 0) is 11.3 Å². The molecule has 4 heteroatoms. The number of rotatable bonds is 4. The van der Waals surface area contributed by atoms with Gasteiger partial charge < -0.3 is 14.6 Å². The predicted octanol–water partition coefficient (Wildman–Crippen LogP) is 2.54. The van der Waals surface area contributed by atoms with E-state index < -0.39 is 0 Å². The summed E-state index contributed by atoms with van der Waals surface area (Å²) in [5, 5.41) is 10.3. The van der Waals surface area contributed by atoms with Crippen molar-refractivity contribution < 1.29 is 14.6 Å². The molecule has 20 heavy (non-hydrogen) atoms. The predicted molar refractivity (Wildman–Crippen MR) is 77.1 cm³/mol. The maximum absolute atomic E-state index is 10.3. The molecule has 4 nitrogen and oxygen atoms in total. The highest BCUT2D eigenvalue weighted by Crippen LogP contribution is 2.34. The van der Waals surface area contributed by atoms with Crippen LogP contribution in [0.2, 0.25) is 0 Å². The Morgan fingerprint density at radius 2 is 2.30 bits per heavy atom. The van der Waals surface area contributed by atoms with Crippen LogP contribution >= 0.6 is 0 Å². The largest absolute Gasteiger partial charge is 0.504 e. The van der Waals surface area contributed by atoms with E-state index in [0.29, 0.717) is 24.5 Å². The van der Waals surface area contributed by atoms with E-state index in [1.54, 1.807) is 0 Å². The minimum Gasteiger partial charge on any atom is -0.504 e. The average Bonchev–Trinajstić information content (AvgIpc) is 2.93. The Morgan fingerprint density at radius 3 is 3.15 bits per heavy atom. The second-order valence-electron chi connectivity index (χ2n) is 5.57.